The van der Waals surface area contributed by atoms with E-state index in [1.165, 1.54) is 0 Å². The van der Waals surface area contributed by atoms with E-state index in [4.69, 9.17) is 4.74 Å². The smallest absolute Gasteiger partial charge is 0.325 e. The van der Waals surface area contributed by atoms with Gasteiger partial charge in [-0.05, 0) is 43.2 Å². The number of para-hydroxylation sites is 1. The Labute approximate surface area is 209 Å². The fourth-order valence-electron chi connectivity index (χ4n) is 4.99. The van der Waals surface area contributed by atoms with Crippen LogP contribution in [0.5, 0.6) is 5.75 Å². The Bertz CT molecular complexity index is 1470. The Morgan fingerprint density at radius 1 is 0.944 bits per heavy atom. The number of ether oxygens (including phenoxy) is 1. The van der Waals surface area contributed by atoms with E-state index in [0.29, 0.717) is 23.4 Å². The summed E-state index contributed by atoms with van der Waals surface area (Å²) in [7, 11) is 1.56. The lowest BCUT2D eigenvalue weighted by atomic mass is 9.92. The van der Waals surface area contributed by atoms with Gasteiger partial charge >= 0.3 is 6.03 Å². The van der Waals surface area contributed by atoms with Gasteiger partial charge in [0.05, 0.1) is 24.9 Å². The van der Waals surface area contributed by atoms with E-state index in [-0.39, 0.29) is 12.3 Å². The lowest BCUT2D eigenvalue weighted by Gasteiger charge is -2.22. The molecule has 0 aliphatic carbocycles. The first kappa shape index (κ1) is 23.4. The van der Waals surface area contributed by atoms with Gasteiger partial charge < -0.3 is 14.6 Å². The number of hydrogen-bond donors (Lipinski definition) is 1. The van der Waals surface area contributed by atoms with Gasteiger partial charge in [0, 0.05) is 17.4 Å². The molecule has 5 rings (SSSR count). The largest absolute Gasteiger partial charge is 0.497 e. The van der Waals surface area contributed by atoms with Gasteiger partial charge in [-0.2, -0.15) is 0 Å². The number of benzene rings is 3. The highest BCUT2D eigenvalue weighted by atomic mass is 16.5. The Kier molecular flexibility index (Phi) is 5.84. The normalized spacial score (nSPS) is 17.5. The van der Waals surface area contributed by atoms with Crippen LogP contribution in [0.2, 0.25) is 0 Å². The molecule has 0 saturated carbocycles. The molecule has 1 atom stereocenters. The van der Waals surface area contributed by atoms with Crippen LogP contribution in [0.25, 0.3) is 22.2 Å². The average Bonchev–Trinajstić information content (AvgIpc) is 3.36. The number of carbonyl (C=O) groups is 3. The summed E-state index contributed by atoms with van der Waals surface area (Å²) >= 11 is 0. The van der Waals surface area contributed by atoms with Crippen molar-refractivity contribution in [2.24, 2.45) is 0 Å². The molecule has 7 heteroatoms. The summed E-state index contributed by atoms with van der Waals surface area (Å²) in [6.45, 7) is 3.99. The van der Waals surface area contributed by atoms with E-state index in [1.807, 2.05) is 61.5 Å². The van der Waals surface area contributed by atoms with E-state index in [0.717, 1.165) is 27.1 Å². The van der Waals surface area contributed by atoms with Crippen LogP contribution < -0.4 is 10.1 Å². The van der Waals surface area contributed by atoms with E-state index < -0.39 is 17.5 Å². The number of amides is 3. The highest BCUT2D eigenvalue weighted by Gasteiger charge is 2.49. The molecule has 1 N–H and O–H groups in total. The Morgan fingerprint density at radius 3 is 2.28 bits per heavy atom. The van der Waals surface area contributed by atoms with Crippen molar-refractivity contribution in [3.63, 3.8) is 0 Å². The number of aromatic nitrogens is 1. The van der Waals surface area contributed by atoms with Gasteiger partial charge in [0.1, 0.15) is 11.3 Å². The number of methoxy groups -OCH3 is 1. The van der Waals surface area contributed by atoms with Crippen LogP contribution in [0.1, 0.15) is 29.8 Å². The van der Waals surface area contributed by atoms with Crippen molar-refractivity contribution >= 4 is 28.6 Å². The molecule has 36 heavy (non-hydrogen) atoms. The number of fused-ring (bicyclic) bond motifs is 1. The first-order valence-corrected chi connectivity index (χ1v) is 11.9. The third kappa shape index (κ3) is 3.64. The van der Waals surface area contributed by atoms with Gasteiger partial charge in [0.15, 0.2) is 5.78 Å². The van der Waals surface area contributed by atoms with E-state index in [9.17, 15) is 14.4 Å². The van der Waals surface area contributed by atoms with E-state index >= 15 is 0 Å². The molecular formula is C29H27N3O4. The number of nitrogens with zero attached hydrogens (tertiary/aromatic N) is 2. The zero-order chi connectivity index (χ0) is 25.4. The van der Waals surface area contributed by atoms with Gasteiger partial charge in [-0.1, -0.05) is 60.7 Å². The van der Waals surface area contributed by atoms with Gasteiger partial charge in [0.25, 0.3) is 5.91 Å². The molecule has 3 aromatic carbocycles. The van der Waals surface area contributed by atoms with Gasteiger partial charge in [-0.3, -0.25) is 14.5 Å². The van der Waals surface area contributed by atoms with E-state index in [1.54, 1.807) is 38.3 Å². The second-order valence-electron chi connectivity index (χ2n) is 8.95. The van der Waals surface area contributed by atoms with Crippen LogP contribution in [-0.2, 0) is 16.9 Å². The lowest BCUT2D eigenvalue weighted by Crippen LogP contribution is -2.41. The third-order valence-electron chi connectivity index (χ3n) is 6.86. The van der Waals surface area contributed by atoms with Crippen LogP contribution in [0.3, 0.4) is 0 Å². The predicted octanol–water partition coefficient (Wildman–Crippen LogP) is 4.99. The maximum Gasteiger partial charge on any atom is 0.325 e. The van der Waals surface area contributed by atoms with Gasteiger partial charge in [-0.25, -0.2) is 4.79 Å². The molecule has 1 unspecified atom stereocenters. The third-order valence-corrected chi connectivity index (χ3v) is 6.86. The standard InChI is InChI=1S/C29H27N3O4/c1-4-31-23-13-9-8-12-22(23)25(26(31)19-10-6-5-7-11-19)24(33)18-32-27(34)29(2,30-28(32)35)20-14-16-21(36-3)17-15-20/h5-17H,4,18H2,1-3H3,(H,30,35). The van der Waals surface area contributed by atoms with Crippen LogP contribution >= 0.6 is 0 Å². The average molecular weight is 482 g/mol. The van der Waals surface area contributed by atoms with Crippen LogP contribution in [0, 0.1) is 0 Å². The molecule has 1 aliphatic rings. The summed E-state index contributed by atoms with van der Waals surface area (Å²) in [4.78, 5) is 41.3. The van der Waals surface area contributed by atoms with Crippen molar-refractivity contribution in [3.05, 3.63) is 90.0 Å². The number of ketones is 1. The number of rotatable bonds is 7. The number of carbonyl (C=O) groups excluding carboxylic acids is 3. The molecule has 1 aromatic heterocycles. The molecule has 182 valence electrons. The summed E-state index contributed by atoms with van der Waals surface area (Å²) < 4.78 is 7.30. The molecule has 1 aliphatic heterocycles. The number of aryl methyl sites for hydroxylation is 1. The fraction of sp³-hybridized carbons (Fsp3) is 0.207. The zero-order valence-electron chi connectivity index (χ0n) is 20.4. The number of hydrogen-bond acceptors (Lipinski definition) is 4. The molecular weight excluding hydrogens is 454 g/mol. The number of nitrogens with one attached hydrogen (secondary N) is 1. The summed E-state index contributed by atoms with van der Waals surface area (Å²) in [5.41, 5.74) is 2.47. The molecule has 0 radical (unpaired) electrons. The first-order valence-electron chi connectivity index (χ1n) is 11.9. The molecule has 3 amide bonds. The summed E-state index contributed by atoms with van der Waals surface area (Å²) in [6.07, 6.45) is 0. The van der Waals surface area contributed by atoms with Gasteiger partial charge in [0.2, 0.25) is 0 Å². The molecule has 0 spiro atoms. The van der Waals surface area contributed by atoms with Crippen LogP contribution in [0.4, 0.5) is 4.79 Å². The topological polar surface area (TPSA) is 80.6 Å². The van der Waals surface area contributed by atoms with Crippen molar-refractivity contribution < 1.29 is 19.1 Å². The van der Waals surface area contributed by atoms with Crippen molar-refractivity contribution in [2.45, 2.75) is 25.9 Å². The van der Waals surface area contributed by atoms with Crippen LogP contribution in [-0.4, -0.2) is 40.8 Å². The molecule has 4 aromatic rings. The van der Waals surface area contributed by atoms with Crippen molar-refractivity contribution in [3.8, 4) is 17.0 Å². The van der Waals surface area contributed by atoms with Crippen molar-refractivity contribution in [2.75, 3.05) is 13.7 Å². The van der Waals surface area contributed by atoms with E-state index in [2.05, 4.69) is 9.88 Å². The van der Waals surface area contributed by atoms with Crippen LogP contribution in [0.15, 0.2) is 78.9 Å². The highest BCUT2D eigenvalue weighted by Crippen LogP contribution is 2.35. The molecule has 2 heterocycles. The SMILES string of the molecule is CCn1c(-c2ccccc2)c(C(=O)CN2C(=O)NC(C)(c3ccc(OC)cc3)C2=O)c2ccccc21. The van der Waals surface area contributed by atoms with Crippen molar-refractivity contribution in [1.82, 2.24) is 14.8 Å². The Morgan fingerprint density at radius 2 is 1.61 bits per heavy atom. The predicted molar refractivity (Wildman–Crippen MR) is 138 cm³/mol. The summed E-state index contributed by atoms with van der Waals surface area (Å²) in [6, 6.07) is 23.8. The minimum Gasteiger partial charge on any atom is -0.497 e. The molecule has 1 saturated heterocycles. The monoisotopic (exact) mass is 481 g/mol. The first-order chi connectivity index (χ1) is 17.4. The molecule has 0 bridgehead atoms. The number of imide groups is 1. The number of urea groups is 1. The number of Topliss-reactive ketones (excluding diaryl/α,β-unsaturated/α-hetero) is 1. The second kappa shape index (κ2) is 9.00. The highest BCUT2D eigenvalue weighted by molar-refractivity contribution is 6.17. The minimum atomic E-state index is -1.27. The zero-order valence-corrected chi connectivity index (χ0v) is 20.4. The Balaban J connectivity index is 1.54. The Hall–Kier alpha value is -4.39. The molecule has 1 fully saturated rings. The maximum absolute atomic E-state index is 13.9. The maximum atomic E-state index is 13.9. The molecule has 7 nitrogen and oxygen atoms in total. The second-order valence-corrected chi connectivity index (χ2v) is 8.95. The minimum absolute atomic E-state index is 0.292. The summed E-state index contributed by atoms with van der Waals surface area (Å²) in [5, 5.41) is 3.58. The summed E-state index contributed by atoms with van der Waals surface area (Å²) in [5.74, 6) is -0.113. The van der Waals surface area contributed by atoms with Crippen molar-refractivity contribution in [1.29, 1.82) is 0 Å². The lowest BCUT2D eigenvalue weighted by molar-refractivity contribution is -0.130. The fourth-order valence-corrected chi connectivity index (χ4v) is 4.99. The quantitative estimate of drug-likeness (QED) is 0.298. The van der Waals surface area contributed by atoms with Gasteiger partial charge in [-0.15, -0.1) is 0 Å².